The van der Waals surface area contributed by atoms with Crippen LogP contribution in [0, 0.1) is 12.8 Å². The van der Waals surface area contributed by atoms with Crippen molar-refractivity contribution in [3.05, 3.63) is 47.8 Å². The molecule has 0 spiro atoms. The Morgan fingerprint density at radius 1 is 1.15 bits per heavy atom. The molecule has 8 nitrogen and oxygen atoms in total. The summed E-state index contributed by atoms with van der Waals surface area (Å²) in [6, 6.07) is 9.21. The smallest absolute Gasteiger partial charge is 0.257 e. The van der Waals surface area contributed by atoms with E-state index in [-0.39, 0.29) is 11.4 Å². The molecule has 0 aliphatic carbocycles. The van der Waals surface area contributed by atoms with E-state index in [0.717, 1.165) is 17.7 Å². The third-order valence-electron chi connectivity index (χ3n) is 6.14. The van der Waals surface area contributed by atoms with Gasteiger partial charge in [-0.1, -0.05) is 31.1 Å². The third kappa shape index (κ3) is 6.14. The number of benzene rings is 1. The zero-order chi connectivity index (χ0) is 25.1. The first-order chi connectivity index (χ1) is 15.9. The number of rotatable bonds is 11. The summed E-state index contributed by atoms with van der Waals surface area (Å²) in [4.78, 5) is 6.32. The maximum atomic E-state index is 13.8. The van der Waals surface area contributed by atoms with Crippen LogP contribution in [0.4, 0.5) is 0 Å². The van der Waals surface area contributed by atoms with Gasteiger partial charge in [-0.05, 0) is 71.0 Å². The van der Waals surface area contributed by atoms with Crippen molar-refractivity contribution < 1.29 is 17.7 Å². The van der Waals surface area contributed by atoms with Gasteiger partial charge >= 0.3 is 0 Å². The molecule has 0 saturated heterocycles. The maximum absolute atomic E-state index is 13.8. The van der Waals surface area contributed by atoms with E-state index in [4.69, 9.17) is 9.26 Å². The molecule has 2 heterocycles. The number of hydrogen-bond acceptors (Lipinski definition) is 7. The number of aryl methyl sites for hydroxylation is 1. The summed E-state index contributed by atoms with van der Waals surface area (Å²) < 4.78 is 40.0. The van der Waals surface area contributed by atoms with Crippen molar-refractivity contribution in [2.45, 2.75) is 58.0 Å². The minimum Gasteiger partial charge on any atom is -0.494 e. The predicted octanol–water partition coefficient (Wildman–Crippen LogP) is 4.49. The molecule has 0 aliphatic rings. The number of hydrogen-bond donors (Lipinski definition) is 0. The highest BCUT2D eigenvalue weighted by atomic mass is 32.2. The van der Waals surface area contributed by atoms with Crippen molar-refractivity contribution in [1.82, 2.24) is 19.3 Å². The second-order valence-corrected chi connectivity index (χ2v) is 11.9. The van der Waals surface area contributed by atoms with E-state index >= 15 is 0 Å². The number of likely N-dealkylation sites (N-methyl/N-ethyl adjacent to an activating group) is 1. The van der Waals surface area contributed by atoms with E-state index in [9.17, 15) is 8.42 Å². The Bertz CT molecular complexity index is 1200. The summed E-state index contributed by atoms with van der Waals surface area (Å²) >= 11 is 0. The van der Waals surface area contributed by atoms with Gasteiger partial charge in [-0.3, -0.25) is 0 Å². The van der Waals surface area contributed by atoms with E-state index in [2.05, 4.69) is 24.0 Å². The predicted molar refractivity (Wildman–Crippen MR) is 133 cm³/mol. The fraction of sp³-hybridized carbons (Fsp3) is 0.520. The number of pyridine rings is 1. The number of ether oxygens (including phenoxy) is 1. The molecule has 0 unspecified atom stereocenters. The first kappa shape index (κ1) is 26.1. The number of nitrogens with zero attached hydrogens (tertiary/aromatic N) is 4. The molecule has 2 aromatic heterocycles. The van der Waals surface area contributed by atoms with Crippen molar-refractivity contribution in [1.29, 1.82) is 0 Å². The normalized spacial score (nSPS) is 12.9. The van der Waals surface area contributed by atoms with Crippen LogP contribution in [0.5, 0.6) is 5.75 Å². The van der Waals surface area contributed by atoms with Crippen molar-refractivity contribution in [2.24, 2.45) is 5.92 Å². The van der Waals surface area contributed by atoms with Crippen LogP contribution < -0.4 is 4.74 Å². The topological polar surface area (TPSA) is 88.8 Å². The Morgan fingerprint density at radius 2 is 1.82 bits per heavy atom. The molecule has 34 heavy (non-hydrogen) atoms. The van der Waals surface area contributed by atoms with Gasteiger partial charge in [0.25, 0.3) is 5.71 Å². The molecule has 3 rings (SSSR count). The van der Waals surface area contributed by atoms with Crippen LogP contribution in [0.1, 0.15) is 45.4 Å². The molecule has 1 aromatic carbocycles. The molecule has 0 fully saturated rings. The average molecular weight is 489 g/mol. The molecule has 0 saturated carbocycles. The lowest BCUT2D eigenvalue weighted by molar-refractivity contribution is 0.156. The zero-order valence-electron chi connectivity index (χ0n) is 21.2. The Labute approximate surface area is 202 Å². The largest absolute Gasteiger partial charge is 0.494 e. The van der Waals surface area contributed by atoms with Crippen LogP contribution in [0.2, 0.25) is 0 Å². The Hall–Kier alpha value is -2.49. The maximum Gasteiger partial charge on any atom is 0.257 e. The Kier molecular flexibility index (Phi) is 8.00. The lowest BCUT2D eigenvalue weighted by atomic mass is 10.0. The van der Waals surface area contributed by atoms with Gasteiger partial charge in [0.1, 0.15) is 10.6 Å². The molecular weight excluding hydrogens is 452 g/mol. The molecular formula is C25H36N4O4S. The summed E-state index contributed by atoms with van der Waals surface area (Å²) in [7, 11) is 0.0508. The highest BCUT2D eigenvalue weighted by Crippen LogP contribution is 2.26. The Balaban J connectivity index is 1.89. The molecule has 0 radical (unpaired) electrons. The van der Waals surface area contributed by atoms with Gasteiger partial charge < -0.3 is 14.2 Å². The molecule has 0 atom stereocenters. The van der Waals surface area contributed by atoms with Crippen molar-refractivity contribution in [2.75, 3.05) is 27.2 Å². The monoisotopic (exact) mass is 488 g/mol. The molecule has 0 N–H and O–H groups in total. The van der Waals surface area contributed by atoms with Gasteiger partial charge in [0.05, 0.1) is 23.9 Å². The zero-order valence-corrected chi connectivity index (χ0v) is 22.0. The quantitative estimate of drug-likeness (QED) is 0.393. The number of sulfonamides is 1. The molecule has 3 aromatic rings. The van der Waals surface area contributed by atoms with Gasteiger partial charge in [0.2, 0.25) is 10.0 Å². The van der Waals surface area contributed by atoms with E-state index < -0.39 is 15.6 Å². The standard InChI is InChI=1S/C25H36N4O4S/c1-18(2)12-13-32-21-10-8-20(9-11-21)16-29(17-25(4,5)28(6)7)34(30,31)22-14-23-19(3)27-33-24(23)26-15-22/h8-11,14-15,18H,12-13,16-17H2,1-7H3. The van der Waals surface area contributed by atoms with Crippen LogP contribution in [0.3, 0.4) is 0 Å². The third-order valence-corrected chi connectivity index (χ3v) is 7.90. The molecule has 0 bridgehead atoms. The second-order valence-electron chi connectivity index (χ2n) is 9.95. The van der Waals surface area contributed by atoms with Gasteiger partial charge in [0, 0.05) is 18.6 Å². The van der Waals surface area contributed by atoms with Gasteiger partial charge in [-0.2, -0.15) is 4.31 Å². The highest BCUT2D eigenvalue weighted by molar-refractivity contribution is 7.89. The summed E-state index contributed by atoms with van der Waals surface area (Å²) in [5.41, 5.74) is 1.42. The SMILES string of the molecule is Cc1noc2ncc(S(=O)(=O)N(Cc3ccc(OCCC(C)C)cc3)CC(C)(C)N(C)C)cc12. The fourth-order valence-electron chi connectivity index (χ4n) is 3.32. The fourth-order valence-corrected chi connectivity index (χ4v) is 4.88. The first-order valence-corrected chi connectivity index (χ1v) is 13.0. The van der Waals surface area contributed by atoms with E-state index in [1.165, 1.54) is 10.5 Å². The lowest BCUT2D eigenvalue weighted by Gasteiger charge is -2.37. The van der Waals surface area contributed by atoms with Crippen LogP contribution in [-0.2, 0) is 16.6 Å². The molecule has 0 aliphatic heterocycles. The van der Waals surface area contributed by atoms with E-state index in [1.807, 2.05) is 57.1 Å². The first-order valence-electron chi connectivity index (χ1n) is 11.5. The van der Waals surface area contributed by atoms with Crippen LogP contribution in [0.15, 0.2) is 45.9 Å². The van der Waals surface area contributed by atoms with Crippen molar-refractivity contribution >= 4 is 21.1 Å². The van der Waals surface area contributed by atoms with Crippen molar-refractivity contribution in [3.63, 3.8) is 0 Å². The Morgan fingerprint density at radius 3 is 2.44 bits per heavy atom. The van der Waals surface area contributed by atoms with Crippen LogP contribution in [-0.4, -0.2) is 60.5 Å². The molecule has 186 valence electrons. The molecule has 9 heteroatoms. The highest BCUT2D eigenvalue weighted by Gasteiger charge is 2.33. The van der Waals surface area contributed by atoms with Gasteiger partial charge in [-0.15, -0.1) is 0 Å². The average Bonchev–Trinajstić information content (AvgIpc) is 3.14. The number of aromatic nitrogens is 2. The minimum absolute atomic E-state index is 0.120. The lowest BCUT2D eigenvalue weighted by Crippen LogP contribution is -2.49. The van der Waals surface area contributed by atoms with E-state index in [1.54, 1.807) is 13.0 Å². The summed E-state index contributed by atoms with van der Waals surface area (Å²) in [5.74, 6) is 1.36. The molecule has 0 amide bonds. The van der Waals surface area contributed by atoms with E-state index in [0.29, 0.717) is 35.9 Å². The number of fused-ring (bicyclic) bond motifs is 1. The minimum atomic E-state index is -3.84. The van der Waals surface area contributed by atoms with Gasteiger partial charge in [-0.25, -0.2) is 13.4 Å². The van der Waals surface area contributed by atoms with Crippen LogP contribution in [0.25, 0.3) is 11.1 Å². The second kappa shape index (κ2) is 10.4. The van der Waals surface area contributed by atoms with Gasteiger partial charge in [0.15, 0.2) is 0 Å². The van der Waals surface area contributed by atoms with Crippen LogP contribution >= 0.6 is 0 Å². The summed E-state index contributed by atoms with van der Waals surface area (Å²) in [5, 5.41) is 4.48. The summed E-state index contributed by atoms with van der Waals surface area (Å²) in [6.07, 6.45) is 2.32. The van der Waals surface area contributed by atoms with Crippen molar-refractivity contribution in [3.8, 4) is 5.75 Å². The summed E-state index contributed by atoms with van der Waals surface area (Å²) in [6.45, 7) is 11.3.